The molecule has 0 spiro atoms. The van der Waals surface area contributed by atoms with Gasteiger partial charge in [0, 0.05) is 33.5 Å². The summed E-state index contributed by atoms with van der Waals surface area (Å²) in [6.07, 6.45) is 1.76. The quantitative estimate of drug-likeness (QED) is 0.694. The molecule has 0 aliphatic rings. The SMILES string of the molecule is COc1ccc(Br)c(Nc2ccnc3cc(N)ccc23)c1. The Morgan fingerprint density at radius 2 is 1.95 bits per heavy atom. The highest BCUT2D eigenvalue weighted by Crippen LogP contribution is 2.32. The highest BCUT2D eigenvalue weighted by molar-refractivity contribution is 9.10. The first-order valence-electron chi connectivity index (χ1n) is 6.42. The molecule has 21 heavy (non-hydrogen) atoms. The van der Waals surface area contributed by atoms with E-state index in [1.807, 2.05) is 42.5 Å². The number of aromatic nitrogens is 1. The van der Waals surface area contributed by atoms with Crippen molar-refractivity contribution in [1.82, 2.24) is 4.98 Å². The molecule has 0 bridgehead atoms. The maximum Gasteiger partial charge on any atom is 0.121 e. The van der Waals surface area contributed by atoms with E-state index in [0.29, 0.717) is 5.69 Å². The predicted molar refractivity (Wildman–Crippen MR) is 90.1 cm³/mol. The Morgan fingerprint density at radius 1 is 1.10 bits per heavy atom. The molecule has 3 N–H and O–H groups in total. The zero-order valence-electron chi connectivity index (χ0n) is 11.4. The summed E-state index contributed by atoms with van der Waals surface area (Å²) >= 11 is 3.54. The van der Waals surface area contributed by atoms with Gasteiger partial charge in [0.1, 0.15) is 5.75 Å². The number of anilines is 3. The van der Waals surface area contributed by atoms with Gasteiger partial charge in [-0.25, -0.2) is 0 Å². The summed E-state index contributed by atoms with van der Waals surface area (Å²) in [5, 5.41) is 4.42. The van der Waals surface area contributed by atoms with Crippen LogP contribution >= 0.6 is 15.9 Å². The molecular weight excluding hydrogens is 330 g/mol. The topological polar surface area (TPSA) is 60.2 Å². The average molecular weight is 344 g/mol. The van der Waals surface area contributed by atoms with E-state index >= 15 is 0 Å². The third-order valence-corrected chi connectivity index (χ3v) is 3.90. The number of pyridine rings is 1. The normalized spacial score (nSPS) is 10.6. The number of methoxy groups -OCH3 is 1. The number of hydrogen-bond donors (Lipinski definition) is 2. The first-order chi connectivity index (χ1) is 10.2. The van der Waals surface area contributed by atoms with Crippen molar-refractivity contribution in [2.45, 2.75) is 0 Å². The van der Waals surface area contributed by atoms with Gasteiger partial charge in [-0.2, -0.15) is 0 Å². The number of halogens is 1. The fourth-order valence-corrected chi connectivity index (χ4v) is 2.49. The molecular formula is C16H14BrN3O. The first-order valence-corrected chi connectivity index (χ1v) is 7.21. The van der Waals surface area contributed by atoms with Gasteiger partial charge in [-0.3, -0.25) is 4.98 Å². The van der Waals surface area contributed by atoms with Gasteiger partial charge in [-0.1, -0.05) is 0 Å². The molecule has 0 unspecified atom stereocenters. The van der Waals surface area contributed by atoms with Crippen LogP contribution in [0.3, 0.4) is 0 Å². The Kier molecular flexibility index (Phi) is 3.66. The maximum atomic E-state index is 5.80. The fourth-order valence-electron chi connectivity index (χ4n) is 2.15. The number of benzene rings is 2. The van der Waals surface area contributed by atoms with E-state index < -0.39 is 0 Å². The second-order valence-corrected chi connectivity index (χ2v) is 5.46. The van der Waals surface area contributed by atoms with Crippen LogP contribution in [-0.4, -0.2) is 12.1 Å². The van der Waals surface area contributed by atoms with E-state index in [1.54, 1.807) is 13.3 Å². The minimum atomic E-state index is 0.703. The lowest BCUT2D eigenvalue weighted by molar-refractivity contribution is 0.415. The summed E-state index contributed by atoms with van der Waals surface area (Å²) in [6, 6.07) is 13.4. The van der Waals surface area contributed by atoms with Crippen molar-refractivity contribution in [2.75, 3.05) is 18.2 Å². The second-order valence-electron chi connectivity index (χ2n) is 4.61. The Labute approximate surface area is 131 Å². The number of ether oxygens (including phenoxy) is 1. The summed E-state index contributed by atoms with van der Waals surface area (Å²) in [7, 11) is 1.65. The van der Waals surface area contributed by atoms with E-state index in [9.17, 15) is 0 Å². The van der Waals surface area contributed by atoms with Crippen molar-refractivity contribution < 1.29 is 4.74 Å². The fraction of sp³-hybridized carbons (Fsp3) is 0.0625. The van der Waals surface area contributed by atoms with Crippen LogP contribution in [0.15, 0.2) is 53.1 Å². The van der Waals surface area contributed by atoms with Crippen molar-refractivity contribution in [1.29, 1.82) is 0 Å². The molecule has 4 nitrogen and oxygen atoms in total. The predicted octanol–water partition coefficient (Wildman–Crippen LogP) is 4.33. The van der Waals surface area contributed by atoms with Gasteiger partial charge in [0.25, 0.3) is 0 Å². The number of rotatable bonds is 3. The molecule has 5 heteroatoms. The van der Waals surface area contributed by atoms with E-state index in [0.717, 1.165) is 32.5 Å². The molecule has 1 heterocycles. The van der Waals surface area contributed by atoms with Crippen molar-refractivity contribution in [2.24, 2.45) is 0 Å². The van der Waals surface area contributed by atoms with Crippen molar-refractivity contribution in [3.63, 3.8) is 0 Å². The summed E-state index contributed by atoms with van der Waals surface area (Å²) in [5.41, 5.74) is 9.26. The second kappa shape index (κ2) is 5.61. The van der Waals surface area contributed by atoms with E-state index in [4.69, 9.17) is 10.5 Å². The monoisotopic (exact) mass is 343 g/mol. The third-order valence-electron chi connectivity index (χ3n) is 3.21. The van der Waals surface area contributed by atoms with Crippen LogP contribution in [0.25, 0.3) is 10.9 Å². The average Bonchev–Trinajstić information content (AvgIpc) is 2.49. The van der Waals surface area contributed by atoms with Gasteiger partial charge in [0.15, 0.2) is 0 Å². The summed E-state index contributed by atoms with van der Waals surface area (Å²) in [4.78, 5) is 4.34. The molecule has 0 saturated carbocycles. The Hall–Kier alpha value is -2.27. The number of fused-ring (bicyclic) bond motifs is 1. The Balaban J connectivity index is 2.06. The van der Waals surface area contributed by atoms with Crippen molar-refractivity contribution >= 4 is 43.9 Å². The van der Waals surface area contributed by atoms with Crippen LogP contribution in [0.5, 0.6) is 5.75 Å². The Bertz CT molecular complexity index is 805. The van der Waals surface area contributed by atoms with Crippen LogP contribution in [0.4, 0.5) is 17.1 Å². The van der Waals surface area contributed by atoms with Crippen LogP contribution in [0.2, 0.25) is 0 Å². The number of nitrogen functional groups attached to an aromatic ring is 1. The van der Waals surface area contributed by atoms with Gasteiger partial charge in [-0.15, -0.1) is 0 Å². The molecule has 0 saturated heterocycles. The van der Waals surface area contributed by atoms with E-state index in [1.165, 1.54) is 0 Å². The molecule has 0 amide bonds. The van der Waals surface area contributed by atoms with Crippen LogP contribution < -0.4 is 15.8 Å². The molecule has 3 rings (SSSR count). The molecule has 0 aliphatic carbocycles. The van der Waals surface area contributed by atoms with Gasteiger partial charge in [-0.05, 0) is 52.3 Å². The molecule has 1 aromatic heterocycles. The van der Waals surface area contributed by atoms with Crippen molar-refractivity contribution in [3.05, 3.63) is 53.1 Å². The number of hydrogen-bond acceptors (Lipinski definition) is 4. The van der Waals surface area contributed by atoms with Crippen molar-refractivity contribution in [3.8, 4) is 5.75 Å². The summed E-state index contributed by atoms with van der Waals surface area (Å²) in [5.74, 6) is 0.795. The first kappa shape index (κ1) is 13.7. The highest BCUT2D eigenvalue weighted by atomic mass is 79.9. The highest BCUT2D eigenvalue weighted by Gasteiger charge is 2.06. The molecule has 0 aliphatic heterocycles. The molecule has 0 radical (unpaired) electrons. The van der Waals surface area contributed by atoms with E-state index in [-0.39, 0.29) is 0 Å². The number of nitrogens with one attached hydrogen (secondary N) is 1. The zero-order valence-corrected chi connectivity index (χ0v) is 13.0. The standard InChI is InChI=1S/C16H14BrN3O/c1-21-11-3-5-13(17)16(9-11)20-14-6-7-19-15-8-10(18)2-4-12(14)15/h2-9H,18H2,1H3,(H,19,20). The Morgan fingerprint density at radius 3 is 2.76 bits per heavy atom. The summed E-state index contributed by atoms with van der Waals surface area (Å²) in [6.45, 7) is 0. The number of nitrogens with two attached hydrogens (primary N) is 1. The lowest BCUT2D eigenvalue weighted by Gasteiger charge is -2.12. The molecule has 2 aromatic carbocycles. The largest absolute Gasteiger partial charge is 0.497 e. The molecule has 3 aromatic rings. The molecule has 106 valence electrons. The van der Waals surface area contributed by atoms with E-state index in [2.05, 4.69) is 26.2 Å². The van der Waals surface area contributed by atoms with Gasteiger partial charge >= 0.3 is 0 Å². The lowest BCUT2D eigenvalue weighted by Crippen LogP contribution is -1.95. The third kappa shape index (κ3) is 2.78. The minimum absolute atomic E-state index is 0.703. The van der Waals surface area contributed by atoms with Crippen LogP contribution in [-0.2, 0) is 0 Å². The maximum absolute atomic E-state index is 5.80. The zero-order chi connectivity index (χ0) is 14.8. The number of nitrogens with zero attached hydrogens (tertiary/aromatic N) is 1. The van der Waals surface area contributed by atoms with Gasteiger partial charge < -0.3 is 15.8 Å². The smallest absolute Gasteiger partial charge is 0.121 e. The van der Waals surface area contributed by atoms with Crippen LogP contribution in [0.1, 0.15) is 0 Å². The van der Waals surface area contributed by atoms with Crippen LogP contribution in [0, 0.1) is 0 Å². The lowest BCUT2D eigenvalue weighted by atomic mass is 10.1. The molecule has 0 atom stereocenters. The molecule has 0 fully saturated rings. The summed E-state index contributed by atoms with van der Waals surface area (Å²) < 4.78 is 6.22. The minimum Gasteiger partial charge on any atom is -0.497 e. The van der Waals surface area contributed by atoms with Gasteiger partial charge in [0.05, 0.1) is 18.3 Å². The van der Waals surface area contributed by atoms with Gasteiger partial charge in [0.2, 0.25) is 0 Å².